The van der Waals surface area contributed by atoms with Crippen molar-refractivity contribution in [3.63, 3.8) is 0 Å². The van der Waals surface area contributed by atoms with E-state index in [9.17, 15) is 0 Å². The SMILES string of the molecule is [B]N(C(/C=C\CC)=C/C=C)c1ccccc1. The lowest BCUT2D eigenvalue weighted by Gasteiger charge is -2.21. The minimum atomic E-state index is 0.919. The summed E-state index contributed by atoms with van der Waals surface area (Å²) in [5.41, 5.74) is 1.87. The van der Waals surface area contributed by atoms with Crippen LogP contribution in [0, 0.1) is 0 Å². The summed E-state index contributed by atoms with van der Waals surface area (Å²) in [6.07, 6.45) is 8.67. The Labute approximate surface area is 99.2 Å². The Hall–Kier alpha value is -1.70. The molecule has 0 aromatic heterocycles. The molecule has 2 heteroatoms. The third-order valence-electron chi connectivity index (χ3n) is 2.13. The minimum Gasteiger partial charge on any atom is -0.398 e. The highest BCUT2D eigenvalue weighted by Gasteiger charge is 2.01. The quantitative estimate of drug-likeness (QED) is 0.528. The Balaban J connectivity index is 2.92. The van der Waals surface area contributed by atoms with Crippen LogP contribution in [0.2, 0.25) is 0 Å². The Morgan fingerprint density at radius 2 is 2.06 bits per heavy atom. The van der Waals surface area contributed by atoms with Crippen LogP contribution in [-0.2, 0) is 0 Å². The van der Waals surface area contributed by atoms with Crippen LogP contribution in [0.25, 0.3) is 0 Å². The number of hydrogen-bond donors (Lipinski definition) is 0. The average Bonchev–Trinajstić information content (AvgIpc) is 2.35. The lowest BCUT2D eigenvalue weighted by atomic mass is 10.1. The van der Waals surface area contributed by atoms with E-state index in [2.05, 4.69) is 19.6 Å². The van der Waals surface area contributed by atoms with E-state index >= 15 is 0 Å². The van der Waals surface area contributed by atoms with Gasteiger partial charge in [0.1, 0.15) is 0 Å². The average molecular weight is 209 g/mol. The van der Waals surface area contributed by atoms with Gasteiger partial charge in [0.2, 0.25) is 7.98 Å². The van der Waals surface area contributed by atoms with Gasteiger partial charge in [0.25, 0.3) is 0 Å². The summed E-state index contributed by atoms with van der Waals surface area (Å²) < 4.78 is 0. The smallest absolute Gasteiger partial charge is 0.234 e. The van der Waals surface area contributed by atoms with Crippen LogP contribution in [-0.4, -0.2) is 7.98 Å². The minimum absolute atomic E-state index is 0.919. The van der Waals surface area contributed by atoms with Crippen molar-refractivity contribution in [3.8, 4) is 0 Å². The fourth-order valence-electron chi connectivity index (χ4n) is 1.31. The Morgan fingerprint density at radius 3 is 2.62 bits per heavy atom. The Bertz CT molecular complexity index is 379. The predicted octanol–water partition coefficient (Wildman–Crippen LogP) is 3.61. The fourth-order valence-corrected chi connectivity index (χ4v) is 1.31. The molecule has 1 aromatic rings. The second-order valence-electron chi connectivity index (χ2n) is 3.34. The van der Waals surface area contributed by atoms with E-state index in [0.717, 1.165) is 17.8 Å². The summed E-state index contributed by atoms with van der Waals surface area (Å²) in [7, 11) is 6.03. The van der Waals surface area contributed by atoms with Gasteiger partial charge in [0, 0.05) is 11.4 Å². The van der Waals surface area contributed by atoms with Crippen molar-refractivity contribution in [2.75, 3.05) is 4.81 Å². The van der Waals surface area contributed by atoms with E-state index in [1.54, 1.807) is 10.9 Å². The van der Waals surface area contributed by atoms with Crippen LogP contribution in [0.1, 0.15) is 13.3 Å². The van der Waals surface area contributed by atoms with Gasteiger partial charge >= 0.3 is 0 Å². The van der Waals surface area contributed by atoms with E-state index in [4.69, 9.17) is 7.98 Å². The zero-order valence-electron chi connectivity index (χ0n) is 9.63. The zero-order valence-corrected chi connectivity index (χ0v) is 9.63. The molecule has 0 N–H and O–H groups in total. The molecule has 0 saturated carbocycles. The maximum absolute atomic E-state index is 6.03. The van der Waals surface area contributed by atoms with Crippen LogP contribution in [0.3, 0.4) is 0 Å². The van der Waals surface area contributed by atoms with E-state index in [0.29, 0.717) is 0 Å². The molecule has 0 atom stereocenters. The molecule has 0 saturated heterocycles. The summed E-state index contributed by atoms with van der Waals surface area (Å²) in [6.45, 7) is 5.78. The monoisotopic (exact) mass is 209 g/mol. The predicted molar refractivity (Wildman–Crippen MR) is 72.4 cm³/mol. The van der Waals surface area contributed by atoms with Crippen molar-refractivity contribution >= 4 is 13.7 Å². The van der Waals surface area contributed by atoms with Crippen LogP contribution in [0.5, 0.6) is 0 Å². The van der Waals surface area contributed by atoms with Crippen LogP contribution < -0.4 is 4.81 Å². The first-order valence-corrected chi connectivity index (χ1v) is 5.38. The summed E-state index contributed by atoms with van der Waals surface area (Å²) >= 11 is 0. The van der Waals surface area contributed by atoms with E-state index in [1.807, 2.05) is 42.5 Å². The van der Waals surface area contributed by atoms with Gasteiger partial charge < -0.3 is 4.81 Å². The van der Waals surface area contributed by atoms with Crippen molar-refractivity contribution in [2.24, 2.45) is 0 Å². The molecule has 1 rings (SSSR count). The van der Waals surface area contributed by atoms with Crippen molar-refractivity contribution in [3.05, 3.63) is 66.9 Å². The number of nitrogens with zero attached hydrogens (tertiary/aromatic N) is 1. The number of benzene rings is 1. The van der Waals surface area contributed by atoms with Crippen molar-refractivity contribution < 1.29 is 0 Å². The van der Waals surface area contributed by atoms with Crippen molar-refractivity contribution in [2.45, 2.75) is 13.3 Å². The first kappa shape index (κ1) is 12.4. The topological polar surface area (TPSA) is 3.24 Å². The Kier molecular flexibility index (Phi) is 5.20. The van der Waals surface area contributed by atoms with Gasteiger partial charge in [0.15, 0.2) is 0 Å². The molecule has 0 unspecified atom stereocenters. The van der Waals surface area contributed by atoms with E-state index < -0.39 is 0 Å². The zero-order chi connectivity index (χ0) is 11.8. The number of allylic oxidation sites excluding steroid dienone is 4. The first-order valence-electron chi connectivity index (χ1n) is 5.38. The number of hydrogen-bond acceptors (Lipinski definition) is 1. The number of para-hydroxylation sites is 1. The molecule has 0 amide bonds. The second kappa shape index (κ2) is 6.73. The molecule has 0 heterocycles. The van der Waals surface area contributed by atoms with E-state index in [-0.39, 0.29) is 0 Å². The maximum Gasteiger partial charge on any atom is 0.234 e. The molecule has 0 aliphatic rings. The standard InChI is InChI=1S/C14H16BN/c1-3-5-10-13(9-4-2)16(15)14-11-7-6-8-12-14/h4-12H,2-3H2,1H3/b10-5-,13-9+. The number of anilines is 1. The summed E-state index contributed by atoms with van der Waals surface area (Å²) in [4.78, 5) is 1.65. The van der Waals surface area contributed by atoms with Gasteiger partial charge in [-0.3, -0.25) is 0 Å². The molecule has 0 spiro atoms. The summed E-state index contributed by atoms with van der Waals surface area (Å²) in [5, 5.41) is 0. The molecule has 16 heavy (non-hydrogen) atoms. The molecule has 0 aliphatic carbocycles. The van der Waals surface area contributed by atoms with Crippen LogP contribution >= 0.6 is 0 Å². The molecule has 0 aliphatic heterocycles. The van der Waals surface area contributed by atoms with Crippen LogP contribution in [0.4, 0.5) is 5.69 Å². The molecule has 2 radical (unpaired) electrons. The third-order valence-corrected chi connectivity index (χ3v) is 2.13. The first-order chi connectivity index (χ1) is 7.79. The molecular formula is C14H16BN. The van der Waals surface area contributed by atoms with Gasteiger partial charge in [-0.1, -0.05) is 43.9 Å². The van der Waals surface area contributed by atoms with Crippen molar-refractivity contribution in [1.82, 2.24) is 0 Å². The van der Waals surface area contributed by atoms with Gasteiger partial charge in [-0.25, -0.2) is 0 Å². The molecular weight excluding hydrogens is 193 g/mol. The molecule has 0 bridgehead atoms. The van der Waals surface area contributed by atoms with Crippen LogP contribution in [0.15, 0.2) is 66.9 Å². The third kappa shape index (κ3) is 3.46. The highest BCUT2D eigenvalue weighted by molar-refractivity contribution is 6.20. The fraction of sp³-hybridized carbons (Fsp3) is 0.143. The lowest BCUT2D eigenvalue weighted by Crippen LogP contribution is -2.16. The molecule has 0 fully saturated rings. The second-order valence-corrected chi connectivity index (χ2v) is 3.34. The summed E-state index contributed by atoms with van der Waals surface area (Å²) in [6, 6.07) is 9.83. The summed E-state index contributed by atoms with van der Waals surface area (Å²) in [5.74, 6) is 0. The highest BCUT2D eigenvalue weighted by atomic mass is 15.0. The molecule has 1 aromatic carbocycles. The maximum atomic E-state index is 6.03. The normalized spacial score (nSPS) is 11.7. The van der Waals surface area contributed by atoms with Gasteiger partial charge in [-0.15, -0.1) is 0 Å². The Morgan fingerprint density at radius 1 is 1.38 bits per heavy atom. The molecule has 80 valence electrons. The highest BCUT2D eigenvalue weighted by Crippen LogP contribution is 2.16. The van der Waals surface area contributed by atoms with Gasteiger partial charge in [0.05, 0.1) is 0 Å². The largest absolute Gasteiger partial charge is 0.398 e. The lowest BCUT2D eigenvalue weighted by molar-refractivity contribution is 1.21. The van der Waals surface area contributed by atoms with Gasteiger partial charge in [-0.05, 0) is 30.7 Å². The van der Waals surface area contributed by atoms with Gasteiger partial charge in [-0.2, -0.15) is 0 Å². The molecule has 1 nitrogen and oxygen atoms in total. The van der Waals surface area contributed by atoms with Crippen molar-refractivity contribution in [1.29, 1.82) is 0 Å². The van der Waals surface area contributed by atoms with E-state index in [1.165, 1.54) is 0 Å². The number of rotatable bonds is 5.